The summed E-state index contributed by atoms with van der Waals surface area (Å²) in [6, 6.07) is 4.62. The molecule has 0 saturated heterocycles. The van der Waals surface area contributed by atoms with Crippen molar-refractivity contribution in [1.82, 2.24) is 4.98 Å². The summed E-state index contributed by atoms with van der Waals surface area (Å²) >= 11 is 0. The number of carboxylic acids is 1. The van der Waals surface area contributed by atoms with Gasteiger partial charge in [0.1, 0.15) is 0 Å². The maximum Gasteiger partial charge on any atom is 0.395 e. The molecule has 0 aromatic carbocycles. The van der Waals surface area contributed by atoms with E-state index in [9.17, 15) is 18.0 Å². The van der Waals surface area contributed by atoms with Crippen LogP contribution in [0.25, 0.3) is 0 Å². The SMILES string of the molecule is O=C(O)C[C@@H](c1ccccn1)C1(C(F)(F)F)CC1. The number of carboxylic acid groups (broad SMARTS) is 1. The zero-order valence-electron chi connectivity index (χ0n) is 9.44. The lowest BCUT2D eigenvalue weighted by molar-refractivity contribution is -0.195. The third kappa shape index (κ3) is 2.19. The molecule has 1 fully saturated rings. The third-order valence-electron chi connectivity index (χ3n) is 3.44. The van der Waals surface area contributed by atoms with Gasteiger partial charge in [-0.3, -0.25) is 9.78 Å². The zero-order chi connectivity index (χ0) is 13.4. The van der Waals surface area contributed by atoms with Crippen molar-refractivity contribution < 1.29 is 23.1 Å². The quantitative estimate of drug-likeness (QED) is 0.904. The second-order valence-corrected chi connectivity index (χ2v) is 4.56. The first-order valence-electron chi connectivity index (χ1n) is 5.56. The lowest BCUT2D eigenvalue weighted by Gasteiger charge is -2.27. The van der Waals surface area contributed by atoms with Crippen molar-refractivity contribution >= 4 is 5.97 Å². The number of hydrogen-bond acceptors (Lipinski definition) is 2. The monoisotopic (exact) mass is 259 g/mol. The van der Waals surface area contributed by atoms with Crippen LogP contribution in [0, 0.1) is 5.41 Å². The van der Waals surface area contributed by atoms with Crippen LogP contribution in [-0.4, -0.2) is 22.2 Å². The minimum Gasteiger partial charge on any atom is -0.481 e. The third-order valence-corrected chi connectivity index (χ3v) is 3.44. The Hall–Kier alpha value is -1.59. The molecule has 1 N–H and O–H groups in total. The van der Waals surface area contributed by atoms with Gasteiger partial charge in [0, 0.05) is 17.8 Å². The highest BCUT2D eigenvalue weighted by molar-refractivity contribution is 5.68. The van der Waals surface area contributed by atoms with Crippen LogP contribution in [0.1, 0.15) is 30.9 Å². The van der Waals surface area contributed by atoms with Gasteiger partial charge in [-0.1, -0.05) is 6.07 Å². The Bertz CT molecular complexity index is 440. The molecule has 18 heavy (non-hydrogen) atoms. The molecule has 0 amide bonds. The molecule has 0 aliphatic heterocycles. The second-order valence-electron chi connectivity index (χ2n) is 4.56. The number of aliphatic carboxylic acids is 1. The van der Waals surface area contributed by atoms with Gasteiger partial charge in [0.05, 0.1) is 11.8 Å². The van der Waals surface area contributed by atoms with Gasteiger partial charge in [-0.05, 0) is 25.0 Å². The van der Waals surface area contributed by atoms with E-state index in [-0.39, 0.29) is 18.5 Å². The minimum absolute atomic E-state index is 0.0228. The van der Waals surface area contributed by atoms with Crippen LogP contribution in [0.4, 0.5) is 13.2 Å². The molecular weight excluding hydrogens is 247 g/mol. The van der Waals surface area contributed by atoms with E-state index >= 15 is 0 Å². The molecule has 1 atom stereocenters. The number of carbonyl (C=O) groups is 1. The van der Waals surface area contributed by atoms with Gasteiger partial charge in [0.25, 0.3) is 0 Å². The number of hydrogen-bond donors (Lipinski definition) is 1. The average Bonchev–Trinajstić information content (AvgIpc) is 3.07. The summed E-state index contributed by atoms with van der Waals surface area (Å²) in [7, 11) is 0. The lowest BCUT2D eigenvalue weighted by atomic mass is 9.82. The highest BCUT2D eigenvalue weighted by Gasteiger charge is 2.67. The maximum atomic E-state index is 13.1. The van der Waals surface area contributed by atoms with Crippen LogP contribution in [-0.2, 0) is 4.79 Å². The van der Waals surface area contributed by atoms with Gasteiger partial charge in [0.2, 0.25) is 0 Å². The van der Waals surface area contributed by atoms with Gasteiger partial charge in [-0.2, -0.15) is 13.2 Å². The van der Waals surface area contributed by atoms with Crippen molar-refractivity contribution in [3.63, 3.8) is 0 Å². The maximum absolute atomic E-state index is 13.1. The average molecular weight is 259 g/mol. The van der Waals surface area contributed by atoms with E-state index in [0.29, 0.717) is 0 Å². The Morgan fingerprint density at radius 3 is 2.50 bits per heavy atom. The summed E-state index contributed by atoms with van der Waals surface area (Å²) in [5.74, 6) is -2.34. The van der Waals surface area contributed by atoms with Crippen molar-refractivity contribution in [2.45, 2.75) is 31.4 Å². The van der Waals surface area contributed by atoms with Gasteiger partial charge in [-0.25, -0.2) is 0 Å². The van der Waals surface area contributed by atoms with Crippen molar-refractivity contribution in [2.75, 3.05) is 0 Å². The Morgan fingerprint density at radius 1 is 1.44 bits per heavy atom. The van der Waals surface area contributed by atoms with E-state index in [0.717, 1.165) is 0 Å². The molecule has 3 nitrogen and oxygen atoms in total. The number of alkyl halides is 3. The van der Waals surface area contributed by atoms with E-state index in [1.54, 1.807) is 12.1 Å². The van der Waals surface area contributed by atoms with Crippen LogP contribution >= 0.6 is 0 Å². The fourth-order valence-electron chi connectivity index (χ4n) is 2.30. The molecule has 0 unspecified atom stereocenters. The molecule has 1 aliphatic rings. The fraction of sp³-hybridized carbons (Fsp3) is 0.500. The summed E-state index contributed by atoms with van der Waals surface area (Å²) < 4.78 is 39.2. The molecule has 0 radical (unpaired) electrons. The summed E-state index contributed by atoms with van der Waals surface area (Å²) in [4.78, 5) is 14.7. The predicted molar refractivity (Wildman–Crippen MR) is 57.0 cm³/mol. The molecule has 1 heterocycles. The Labute approximate surface area is 102 Å². The molecule has 1 aromatic heterocycles. The number of halogens is 3. The summed E-state index contributed by atoms with van der Waals surface area (Å²) in [5, 5.41) is 8.81. The Kier molecular flexibility index (Phi) is 3.04. The van der Waals surface area contributed by atoms with Gasteiger partial charge >= 0.3 is 12.1 Å². The van der Waals surface area contributed by atoms with Crippen LogP contribution < -0.4 is 0 Å². The molecule has 98 valence electrons. The number of aromatic nitrogens is 1. The fourth-order valence-corrected chi connectivity index (χ4v) is 2.30. The summed E-state index contributed by atoms with van der Waals surface area (Å²) in [5.41, 5.74) is -1.70. The summed E-state index contributed by atoms with van der Waals surface area (Å²) in [6.07, 6.45) is -3.59. The van der Waals surface area contributed by atoms with Crippen LogP contribution in [0.15, 0.2) is 24.4 Å². The van der Waals surface area contributed by atoms with Crippen LogP contribution in [0.3, 0.4) is 0 Å². The largest absolute Gasteiger partial charge is 0.481 e. The van der Waals surface area contributed by atoms with E-state index in [1.165, 1.54) is 12.3 Å². The predicted octanol–water partition coefficient (Wildman–Crippen LogP) is 2.98. The topological polar surface area (TPSA) is 50.2 Å². The van der Waals surface area contributed by atoms with E-state index in [1.807, 2.05) is 0 Å². The smallest absolute Gasteiger partial charge is 0.395 e. The molecule has 0 bridgehead atoms. The van der Waals surface area contributed by atoms with Crippen molar-refractivity contribution in [3.8, 4) is 0 Å². The lowest BCUT2D eigenvalue weighted by Crippen LogP contribution is -2.32. The first-order chi connectivity index (χ1) is 8.37. The standard InChI is InChI=1S/C12H12F3NO2/c13-12(14,15)11(4-5-11)8(7-10(17)18)9-3-1-2-6-16-9/h1-3,6,8H,4-5,7H2,(H,17,18)/t8-/m0/s1. The van der Waals surface area contributed by atoms with Crippen molar-refractivity contribution in [1.29, 1.82) is 0 Å². The zero-order valence-corrected chi connectivity index (χ0v) is 9.44. The first kappa shape index (κ1) is 12.9. The van der Waals surface area contributed by atoms with E-state index in [2.05, 4.69) is 4.98 Å². The number of rotatable bonds is 4. The molecule has 1 aliphatic carbocycles. The van der Waals surface area contributed by atoms with Gasteiger partial charge < -0.3 is 5.11 Å². The molecular formula is C12H12F3NO2. The number of nitrogens with zero attached hydrogens (tertiary/aromatic N) is 1. The van der Waals surface area contributed by atoms with Gasteiger partial charge in [-0.15, -0.1) is 0 Å². The second kappa shape index (κ2) is 4.26. The normalized spacial score (nSPS) is 19.3. The van der Waals surface area contributed by atoms with E-state index < -0.39 is 29.9 Å². The Morgan fingerprint density at radius 2 is 2.11 bits per heavy atom. The molecule has 1 aromatic rings. The first-order valence-corrected chi connectivity index (χ1v) is 5.56. The molecule has 2 rings (SSSR count). The van der Waals surface area contributed by atoms with E-state index in [4.69, 9.17) is 5.11 Å². The van der Waals surface area contributed by atoms with Gasteiger partial charge in [0.15, 0.2) is 0 Å². The highest BCUT2D eigenvalue weighted by atomic mass is 19.4. The van der Waals surface area contributed by atoms with Crippen molar-refractivity contribution in [2.24, 2.45) is 5.41 Å². The highest BCUT2D eigenvalue weighted by Crippen LogP contribution is 2.65. The molecule has 6 heteroatoms. The minimum atomic E-state index is -4.38. The van der Waals surface area contributed by atoms with Crippen LogP contribution in [0.2, 0.25) is 0 Å². The summed E-state index contributed by atoms with van der Waals surface area (Å²) in [6.45, 7) is 0. The van der Waals surface area contributed by atoms with Crippen LogP contribution in [0.5, 0.6) is 0 Å². The molecule has 1 saturated carbocycles. The Balaban J connectivity index is 2.36. The number of pyridine rings is 1. The van der Waals surface area contributed by atoms with Crippen molar-refractivity contribution in [3.05, 3.63) is 30.1 Å². The molecule has 0 spiro atoms.